The number of carbonyl (C=O) groups is 3. The minimum atomic E-state index is -0.921. The summed E-state index contributed by atoms with van der Waals surface area (Å²) >= 11 is 9.59. The summed E-state index contributed by atoms with van der Waals surface area (Å²) < 4.78 is 2.09. The normalized spacial score (nSPS) is 10.7. The summed E-state index contributed by atoms with van der Waals surface area (Å²) in [5, 5.41) is 6.46. The van der Waals surface area contributed by atoms with Gasteiger partial charge in [0.15, 0.2) is 0 Å². The van der Waals surface area contributed by atoms with Crippen LogP contribution in [-0.4, -0.2) is 22.4 Å². The number of anilines is 2. The molecule has 0 spiro atoms. The van der Waals surface area contributed by atoms with Gasteiger partial charge in [-0.2, -0.15) is 0 Å². The number of carbonyl (C=O) groups excluding carboxylic acids is 3. The fraction of sp³-hybridized carbons (Fsp3) is 0.0800. The molecule has 0 atom stereocenters. The van der Waals surface area contributed by atoms with Gasteiger partial charge in [-0.15, -0.1) is 0 Å². The van der Waals surface area contributed by atoms with Gasteiger partial charge in [-0.25, -0.2) is 4.68 Å². The Balaban J connectivity index is 1.65. The molecule has 0 unspecified atom stereocenters. The number of nitrogens with zero attached hydrogens (tertiary/aromatic N) is 1. The average Bonchev–Trinajstić information content (AvgIpc) is 3.15. The lowest BCUT2D eigenvalue weighted by molar-refractivity contribution is -0.133. The highest BCUT2D eigenvalue weighted by molar-refractivity contribution is 9.10. The lowest BCUT2D eigenvalue weighted by Gasteiger charge is -2.14. The molecule has 0 aliphatic rings. The zero-order chi connectivity index (χ0) is 24.4. The van der Waals surface area contributed by atoms with E-state index in [4.69, 9.17) is 11.6 Å². The first-order valence-corrected chi connectivity index (χ1v) is 11.5. The molecular weight excluding hydrogens is 520 g/mol. The largest absolute Gasteiger partial charge is 0.328 e. The molecule has 1 aromatic heterocycles. The van der Waals surface area contributed by atoms with Gasteiger partial charge in [0.1, 0.15) is 5.69 Å². The van der Waals surface area contributed by atoms with Gasteiger partial charge in [-0.05, 0) is 61.4 Å². The first-order chi connectivity index (χ1) is 16.2. The molecule has 4 aromatic rings. The van der Waals surface area contributed by atoms with Crippen LogP contribution in [0.1, 0.15) is 21.6 Å². The number of amides is 3. The average molecular weight is 540 g/mol. The maximum atomic E-state index is 13.1. The molecule has 9 heteroatoms. The lowest BCUT2D eigenvalue weighted by Crippen LogP contribution is -2.36. The predicted molar refractivity (Wildman–Crippen MR) is 138 cm³/mol. The summed E-state index contributed by atoms with van der Waals surface area (Å²) in [6.07, 6.45) is 0. The summed E-state index contributed by atoms with van der Waals surface area (Å²) in [4.78, 5) is 38.6. The second-order valence-electron chi connectivity index (χ2n) is 7.66. The molecule has 0 bridgehead atoms. The molecule has 0 radical (unpaired) electrons. The van der Waals surface area contributed by atoms with Gasteiger partial charge < -0.3 is 10.6 Å². The van der Waals surface area contributed by atoms with E-state index in [2.05, 4.69) is 32.0 Å². The molecule has 1 heterocycles. The van der Waals surface area contributed by atoms with Gasteiger partial charge in [0.25, 0.3) is 5.91 Å². The number of nitrogens with one attached hydrogen (secondary N) is 3. The predicted octanol–water partition coefficient (Wildman–Crippen LogP) is 5.64. The van der Waals surface area contributed by atoms with Crippen molar-refractivity contribution in [1.82, 2.24) is 4.68 Å². The fourth-order valence-electron chi connectivity index (χ4n) is 3.56. The van der Waals surface area contributed by atoms with Crippen LogP contribution in [0.5, 0.6) is 0 Å². The molecule has 172 valence electrons. The van der Waals surface area contributed by atoms with Crippen LogP contribution in [0.2, 0.25) is 5.02 Å². The zero-order valence-electron chi connectivity index (χ0n) is 18.3. The molecular formula is C25H20BrClN4O3. The van der Waals surface area contributed by atoms with Crippen molar-refractivity contribution >= 4 is 67.5 Å². The van der Waals surface area contributed by atoms with Crippen LogP contribution in [0, 0.1) is 13.8 Å². The van der Waals surface area contributed by atoms with Gasteiger partial charge in [0.2, 0.25) is 0 Å². The van der Waals surface area contributed by atoms with E-state index in [0.29, 0.717) is 27.3 Å². The quantitative estimate of drug-likeness (QED) is 0.293. The Kier molecular flexibility index (Phi) is 6.72. The maximum Gasteiger partial charge on any atom is 0.328 e. The number of hydrogen-bond acceptors (Lipinski definition) is 3. The van der Waals surface area contributed by atoms with E-state index in [-0.39, 0.29) is 5.69 Å². The van der Waals surface area contributed by atoms with Crippen LogP contribution < -0.4 is 16.1 Å². The Hall–Kier alpha value is -3.62. The Morgan fingerprint density at radius 1 is 0.853 bits per heavy atom. The van der Waals surface area contributed by atoms with Gasteiger partial charge in [-0.3, -0.25) is 19.8 Å². The highest BCUT2D eigenvalue weighted by Gasteiger charge is 2.22. The Labute approximate surface area is 209 Å². The summed E-state index contributed by atoms with van der Waals surface area (Å²) in [6.45, 7) is 3.68. The summed E-state index contributed by atoms with van der Waals surface area (Å²) in [7, 11) is 0. The minimum Gasteiger partial charge on any atom is -0.319 e. The van der Waals surface area contributed by atoms with E-state index >= 15 is 0 Å². The number of aryl methyl sites for hydroxylation is 2. The SMILES string of the molecule is Cc1cccc(C)c1NC(=O)C(=O)Nn1c(C(=O)Nc2ccccc2Cl)cc2cc(Br)ccc21. The van der Waals surface area contributed by atoms with E-state index in [9.17, 15) is 14.4 Å². The van der Waals surface area contributed by atoms with Gasteiger partial charge in [0.05, 0.1) is 16.2 Å². The van der Waals surface area contributed by atoms with E-state index < -0.39 is 17.7 Å². The molecule has 3 amide bonds. The van der Waals surface area contributed by atoms with Crippen molar-refractivity contribution in [2.75, 3.05) is 16.1 Å². The van der Waals surface area contributed by atoms with Crippen LogP contribution in [-0.2, 0) is 9.59 Å². The molecule has 4 rings (SSSR count). The molecule has 3 N–H and O–H groups in total. The number of rotatable bonds is 4. The summed E-state index contributed by atoms with van der Waals surface area (Å²) in [5.74, 6) is -2.28. The highest BCUT2D eigenvalue weighted by Crippen LogP contribution is 2.26. The number of fused-ring (bicyclic) bond motifs is 1. The van der Waals surface area contributed by atoms with Crippen molar-refractivity contribution in [3.63, 3.8) is 0 Å². The number of hydrogen-bond donors (Lipinski definition) is 3. The second-order valence-corrected chi connectivity index (χ2v) is 8.99. The topological polar surface area (TPSA) is 92.2 Å². The third-order valence-electron chi connectivity index (χ3n) is 5.26. The molecule has 3 aromatic carbocycles. The summed E-state index contributed by atoms with van der Waals surface area (Å²) in [5.41, 5.74) is 5.87. The minimum absolute atomic E-state index is 0.126. The van der Waals surface area contributed by atoms with Crippen LogP contribution in [0.3, 0.4) is 0 Å². The number of halogens is 2. The zero-order valence-corrected chi connectivity index (χ0v) is 20.6. The van der Waals surface area contributed by atoms with Crippen LogP contribution in [0.15, 0.2) is 71.2 Å². The third kappa shape index (κ3) is 4.83. The third-order valence-corrected chi connectivity index (χ3v) is 6.08. The smallest absolute Gasteiger partial charge is 0.319 e. The van der Waals surface area contributed by atoms with Crippen molar-refractivity contribution in [3.8, 4) is 0 Å². The van der Waals surface area contributed by atoms with Crippen molar-refractivity contribution in [2.45, 2.75) is 13.8 Å². The Morgan fingerprint density at radius 2 is 1.56 bits per heavy atom. The molecule has 0 aliphatic heterocycles. The number of aromatic nitrogens is 1. The van der Waals surface area contributed by atoms with Crippen LogP contribution >= 0.6 is 27.5 Å². The molecule has 7 nitrogen and oxygen atoms in total. The number of para-hydroxylation sites is 2. The standard InChI is InChI=1S/C25H20BrClN4O3/c1-14-6-5-7-15(2)22(14)29-24(33)25(34)30-31-20-11-10-17(26)12-16(20)13-21(31)23(32)28-19-9-4-3-8-18(19)27/h3-13H,1-2H3,(H,28,32)(H,29,33)(H,30,34). The monoisotopic (exact) mass is 538 g/mol. The first kappa shape index (κ1) is 23.5. The second kappa shape index (κ2) is 9.70. The van der Waals surface area contributed by atoms with Gasteiger partial charge in [-0.1, -0.05) is 57.9 Å². The van der Waals surface area contributed by atoms with E-state index in [1.807, 2.05) is 32.0 Å². The maximum absolute atomic E-state index is 13.1. The van der Waals surface area contributed by atoms with Crippen molar-refractivity contribution in [1.29, 1.82) is 0 Å². The lowest BCUT2D eigenvalue weighted by atomic mass is 10.1. The van der Waals surface area contributed by atoms with E-state index in [1.165, 1.54) is 4.68 Å². The van der Waals surface area contributed by atoms with E-state index in [1.54, 1.807) is 48.5 Å². The van der Waals surface area contributed by atoms with Crippen molar-refractivity contribution in [2.24, 2.45) is 0 Å². The molecule has 0 aliphatic carbocycles. The first-order valence-electron chi connectivity index (χ1n) is 10.3. The van der Waals surface area contributed by atoms with Gasteiger partial charge >= 0.3 is 11.8 Å². The van der Waals surface area contributed by atoms with Crippen molar-refractivity contribution in [3.05, 3.63) is 93.0 Å². The molecule has 0 saturated heterocycles. The Morgan fingerprint density at radius 3 is 2.26 bits per heavy atom. The van der Waals surface area contributed by atoms with E-state index in [0.717, 1.165) is 15.6 Å². The highest BCUT2D eigenvalue weighted by atomic mass is 79.9. The molecule has 0 fully saturated rings. The van der Waals surface area contributed by atoms with Crippen molar-refractivity contribution < 1.29 is 14.4 Å². The van der Waals surface area contributed by atoms with Crippen LogP contribution in [0.25, 0.3) is 10.9 Å². The molecule has 34 heavy (non-hydrogen) atoms. The van der Waals surface area contributed by atoms with Gasteiger partial charge in [0, 0.05) is 15.5 Å². The molecule has 0 saturated carbocycles. The summed E-state index contributed by atoms with van der Waals surface area (Å²) in [6, 6.07) is 19.3. The Bertz CT molecular complexity index is 1430. The number of benzene rings is 3. The fourth-order valence-corrected chi connectivity index (χ4v) is 4.12. The van der Waals surface area contributed by atoms with Crippen LogP contribution in [0.4, 0.5) is 11.4 Å².